The Labute approximate surface area is 232 Å². The van der Waals surface area contributed by atoms with E-state index in [0.717, 1.165) is 30.1 Å². The van der Waals surface area contributed by atoms with Gasteiger partial charge in [0.05, 0.1) is 12.2 Å². The van der Waals surface area contributed by atoms with E-state index < -0.39 is 18.7 Å². The number of alkyl halides is 2. The zero-order valence-corrected chi connectivity index (χ0v) is 22.5. The quantitative estimate of drug-likeness (QED) is 0.0907. The maximum Gasteiger partial charge on any atom is 0.387 e. The van der Waals surface area contributed by atoms with Crippen molar-refractivity contribution in [2.24, 2.45) is 5.92 Å². The van der Waals surface area contributed by atoms with Crippen LogP contribution in [0.3, 0.4) is 0 Å². The van der Waals surface area contributed by atoms with E-state index in [0.29, 0.717) is 34.1 Å². The third-order valence-corrected chi connectivity index (χ3v) is 7.35. The van der Waals surface area contributed by atoms with Crippen LogP contribution in [0, 0.1) is 11.1 Å². The minimum atomic E-state index is -3.05. The average molecular weight is 585 g/mol. The highest BCUT2D eigenvalue weighted by atomic mass is 35.5. The van der Waals surface area contributed by atoms with E-state index in [4.69, 9.17) is 38.4 Å². The van der Waals surface area contributed by atoms with Gasteiger partial charge < -0.3 is 25.2 Å². The summed E-state index contributed by atoms with van der Waals surface area (Å²) >= 11 is 14.0. The molecular weight excluding hydrogens is 561 g/mol. The number of halogens is 4. The lowest BCUT2D eigenvalue weighted by molar-refractivity contribution is -0.605. The standard InChI is InChI=1S/C26H24Cl2F2N2O5S/c1-38-24-7-5-16(8-20(24)31)25(33)36-22(10-17-18(27)11-32(34)12-19(17)28)15-4-6-21(37-26(29)30)23(9-15)35-13-14-2-3-14/h4-9,11-12,14,22,26H,2-3,10,13,31H2,1H3. The van der Waals surface area contributed by atoms with Gasteiger partial charge in [-0.15, -0.1) is 11.8 Å². The summed E-state index contributed by atoms with van der Waals surface area (Å²) in [5.74, 6) is -0.378. The van der Waals surface area contributed by atoms with E-state index in [1.54, 1.807) is 12.1 Å². The lowest BCUT2D eigenvalue weighted by Gasteiger charge is -2.21. The monoisotopic (exact) mass is 584 g/mol. The van der Waals surface area contributed by atoms with E-state index in [9.17, 15) is 18.8 Å². The molecular formula is C26H24Cl2F2N2O5S. The van der Waals surface area contributed by atoms with Crippen LogP contribution in [0.2, 0.25) is 10.0 Å². The van der Waals surface area contributed by atoms with E-state index in [2.05, 4.69) is 4.74 Å². The SMILES string of the molecule is CSc1ccc(C(=O)OC(Cc2c(Cl)c[n+]([O-])cc2Cl)c2ccc(OC(F)F)c(OCC3CC3)c2)cc1N. The molecule has 202 valence electrons. The van der Waals surface area contributed by atoms with Gasteiger partial charge in [0.15, 0.2) is 23.9 Å². The van der Waals surface area contributed by atoms with Gasteiger partial charge in [0.1, 0.15) is 16.1 Å². The summed E-state index contributed by atoms with van der Waals surface area (Å²) in [5.41, 5.74) is 7.46. The first-order valence-corrected chi connectivity index (χ1v) is 13.6. The number of nitrogens with zero attached hydrogens (tertiary/aromatic N) is 1. The molecule has 1 heterocycles. The highest BCUT2D eigenvalue weighted by Gasteiger charge is 2.27. The highest BCUT2D eigenvalue weighted by Crippen LogP contribution is 2.38. The van der Waals surface area contributed by atoms with Gasteiger partial charge in [-0.1, -0.05) is 29.3 Å². The van der Waals surface area contributed by atoms with E-state index in [-0.39, 0.29) is 33.5 Å². The van der Waals surface area contributed by atoms with Gasteiger partial charge in [-0.05, 0) is 60.9 Å². The zero-order chi connectivity index (χ0) is 27.4. The molecule has 1 aromatic heterocycles. The van der Waals surface area contributed by atoms with Crippen molar-refractivity contribution in [3.8, 4) is 11.5 Å². The van der Waals surface area contributed by atoms with E-state index in [1.165, 1.54) is 36.0 Å². The summed E-state index contributed by atoms with van der Waals surface area (Å²) in [6.07, 6.45) is 5.12. The number of ether oxygens (including phenoxy) is 3. The summed E-state index contributed by atoms with van der Waals surface area (Å²) in [5, 5.41) is 11.9. The largest absolute Gasteiger partial charge is 0.619 e. The lowest BCUT2D eigenvalue weighted by atomic mass is 10.0. The number of carbonyl (C=O) groups is 1. The maximum atomic E-state index is 13.2. The summed E-state index contributed by atoms with van der Waals surface area (Å²) < 4.78 is 42.8. The molecule has 0 saturated heterocycles. The molecule has 1 fully saturated rings. The Morgan fingerprint density at radius 2 is 1.87 bits per heavy atom. The van der Waals surface area contributed by atoms with Crippen LogP contribution in [-0.2, 0) is 11.2 Å². The molecule has 1 saturated carbocycles. The lowest BCUT2D eigenvalue weighted by Crippen LogP contribution is -2.25. The number of thioether (sulfide) groups is 1. The van der Waals surface area contributed by atoms with Crippen LogP contribution in [0.1, 0.15) is 40.4 Å². The van der Waals surface area contributed by atoms with Gasteiger partial charge in [0, 0.05) is 22.6 Å². The molecule has 38 heavy (non-hydrogen) atoms. The Kier molecular flexibility index (Phi) is 9.07. The molecule has 0 amide bonds. The van der Waals surface area contributed by atoms with Gasteiger partial charge in [0.25, 0.3) is 0 Å². The predicted molar refractivity (Wildman–Crippen MR) is 141 cm³/mol. The number of nitrogens with two attached hydrogens (primary N) is 1. The molecule has 0 radical (unpaired) electrons. The minimum Gasteiger partial charge on any atom is -0.619 e. The first-order valence-electron chi connectivity index (χ1n) is 11.6. The van der Waals surface area contributed by atoms with Crippen molar-refractivity contribution in [1.29, 1.82) is 0 Å². The third-order valence-electron chi connectivity index (χ3n) is 5.89. The molecule has 1 atom stereocenters. The number of hydrogen-bond donors (Lipinski definition) is 1. The number of carbonyl (C=O) groups excluding carboxylic acids is 1. The fraction of sp³-hybridized carbons (Fsp3) is 0.308. The number of hydrogen-bond acceptors (Lipinski definition) is 7. The Bertz CT molecular complexity index is 1300. The number of esters is 1. The second kappa shape index (κ2) is 12.3. The summed E-state index contributed by atoms with van der Waals surface area (Å²) in [6.45, 7) is -2.71. The van der Waals surface area contributed by atoms with Gasteiger partial charge in [-0.3, -0.25) is 0 Å². The normalized spacial score (nSPS) is 13.8. The van der Waals surface area contributed by atoms with E-state index in [1.807, 2.05) is 6.26 Å². The molecule has 0 spiro atoms. The fourth-order valence-electron chi connectivity index (χ4n) is 3.72. The highest BCUT2D eigenvalue weighted by molar-refractivity contribution is 7.98. The van der Waals surface area contributed by atoms with Crippen molar-refractivity contribution in [3.05, 3.63) is 80.7 Å². The van der Waals surface area contributed by atoms with Crippen LogP contribution < -0.4 is 19.9 Å². The third kappa shape index (κ3) is 7.12. The molecule has 2 aromatic carbocycles. The smallest absolute Gasteiger partial charge is 0.387 e. The second-order valence-electron chi connectivity index (χ2n) is 8.69. The van der Waals surface area contributed by atoms with Crippen molar-refractivity contribution >= 4 is 46.6 Å². The van der Waals surface area contributed by atoms with Crippen LogP contribution >= 0.6 is 35.0 Å². The van der Waals surface area contributed by atoms with Gasteiger partial charge >= 0.3 is 12.6 Å². The van der Waals surface area contributed by atoms with Crippen LogP contribution in [0.25, 0.3) is 0 Å². The molecule has 0 bridgehead atoms. The number of pyridine rings is 1. The molecule has 7 nitrogen and oxygen atoms in total. The molecule has 1 unspecified atom stereocenters. The predicted octanol–water partition coefficient (Wildman–Crippen LogP) is 6.46. The minimum absolute atomic E-state index is 0.0141. The first-order chi connectivity index (χ1) is 18.1. The van der Waals surface area contributed by atoms with Crippen LogP contribution in [0.5, 0.6) is 11.5 Å². The summed E-state index contributed by atoms with van der Waals surface area (Å²) in [4.78, 5) is 14.0. The Morgan fingerprint density at radius 1 is 1.16 bits per heavy atom. The first kappa shape index (κ1) is 28.1. The molecule has 12 heteroatoms. The Balaban J connectivity index is 1.69. The fourth-order valence-corrected chi connectivity index (χ4v) is 4.82. The summed E-state index contributed by atoms with van der Waals surface area (Å²) in [6, 6.07) is 9.12. The number of benzene rings is 2. The van der Waals surface area contributed by atoms with Crippen LogP contribution in [-0.4, -0.2) is 25.4 Å². The summed E-state index contributed by atoms with van der Waals surface area (Å²) in [7, 11) is 0. The van der Waals surface area contributed by atoms with Gasteiger partial charge in [-0.2, -0.15) is 13.5 Å². The van der Waals surface area contributed by atoms with Crippen molar-refractivity contribution in [2.75, 3.05) is 18.6 Å². The zero-order valence-electron chi connectivity index (χ0n) is 20.2. The van der Waals surface area contributed by atoms with Gasteiger partial charge in [0.2, 0.25) is 0 Å². The molecule has 1 aliphatic rings. The Hall–Kier alpha value is -2.95. The van der Waals surface area contributed by atoms with Crippen molar-refractivity contribution < 1.29 is 32.5 Å². The van der Waals surface area contributed by atoms with Crippen LogP contribution in [0.4, 0.5) is 14.5 Å². The number of nitrogen functional groups attached to an aromatic ring is 1. The second-order valence-corrected chi connectivity index (χ2v) is 10.3. The van der Waals surface area contributed by atoms with Crippen molar-refractivity contribution in [2.45, 2.75) is 36.9 Å². The average Bonchev–Trinajstić information content (AvgIpc) is 3.69. The van der Waals surface area contributed by atoms with Crippen molar-refractivity contribution in [1.82, 2.24) is 0 Å². The molecule has 0 aliphatic heterocycles. The van der Waals surface area contributed by atoms with Gasteiger partial charge in [-0.25, -0.2) is 4.79 Å². The topological polar surface area (TPSA) is 97.7 Å². The van der Waals surface area contributed by atoms with Crippen molar-refractivity contribution in [3.63, 3.8) is 0 Å². The molecule has 4 rings (SSSR count). The number of anilines is 1. The number of aromatic nitrogens is 1. The van der Waals surface area contributed by atoms with Crippen LogP contribution in [0.15, 0.2) is 53.7 Å². The molecule has 1 aliphatic carbocycles. The number of rotatable bonds is 11. The van der Waals surface area contributed by atoms with E-state index >= 15 is 0 Å². The Morgan fingerprint density at radius 3 is 2.47 bits per heavy atom. The molecule has 2 N–H and O–H groups in total. The molecule has 3 aromatic rings. The maximum absolute atomic E-state index is 13.2.